The second-order valence-corrected chi connectivity index (χ2v) is 6.84. The molecule has 2 heterocycles. The summed E-state index contributed by atoms with van der Waals surface area (Å²) in [7, 11) is 0. The third kappa shape index (κ3) is 3.12. The highest BCUT2D eigenvalue weighted by Gasteiger charge is 2.15. The van der Waals surface area contributed by atoms with Crippen LogP contribution in [0.4, 0.5) is 0 Å². The lowest BCUT2D eigenvalue weighted by Gasteiger charge is -2.16. The number of esters is 1. The van der Waals surface area contributed by atoms with Crippen LogP contribution >= 0.6 is 11.3 Å². The van der Waals surface area contributed by atoms with Crippen LogP contribution in [-0.4, -0.2) is 11.0 Å². The maximum Gasteiger partial charge on any atom is 0.338 e. The molecule has 0 bridgehead atoms. The number of thiophene rings is 1. The average molecular weight is 339 g/mol. The van der Waals surface area contributed by atoms with Gasteiger partial charge in [0.1, 0.15) is 18.6 Å². The van der Waals surface area contributed by atoms with Gasteiger partial charge in [0.25, 0.3) is 0 Å². The predicted octanol–water partition coefficient (Wildman–Crippen LogP) is 4.64. The zero-order valence-electron chi connectivity index (χ0n) is 13.2. The van der Waals surface area contributed by atoms with E-state index in [2.05, 4.69) is 11.1 Å². The summed E-state index contributed by atoms with van der Waals surface area (Å²) in [6, 6.07) is 9.76. The number of aryl methyl sites for hydroxylation is 2. The van der Waals surface area contributed by atoms with Gasteiger partial charge < -0.3 is 9.15 Å². The van der Waals surface area contributed by atoms with Crippen LogP contribution in [0.2, 0.25) is 0 Å². The van der Waals surface area contributed by atoms with Crippen LogP contribution in [0.15, 0.2) is 46.4 Å². The SMILES string of the molecule is O=C(OCc1coc(-c2cccs2)n1)c1ccc2c(c1)CCCC2. The lowest BCUT2D eigenvalue weighted by atomic mass is 9.90. The topological polar surface area (TPSA) is 52.3 Å². The Balaban J connectivity index is 1.41. The van der Waals surface area contributed by atoms with Crippen molar-refractivity contribution in [1.29, 1.82) is 0 Å². The minimum Gasteiger partial charge on any atom is -0.455 e. The molecule has 122 valence electrons. The van der Waals surface area contributed by atoms with E-state index in [9.17, 15) is 4.79 Å². The van der Waals surface area contributed by atoms with Crippen LogP contribution in [0.1, 0.15) is 40.0 Å². The highest BCUT2D eigenvalue weighted by molar-refractivity contribution is 7.13. The molecule has 4 nitrogen and oxygen atoms in total. The van der Waals surface area contributed by atoms with Crippen LogP contribution in [0, 0.1) is 0 Å². The molecule has 24 heavy (non-hydrogen) atoms. The van der Waals surface area contributed by atoms with Gasteiger partial charge >= 0.3 is 5.97 Å². The molecule has 5 heteroatoms. The number of carbonyl (C=O) groups excluding carboxylic acids is 1. The first-order valence-electron chi connectivity index (χ1n) is 8.07. The summed E-state index contributed by atoms with van der Waals surface area (Å²) in [6.45, 7) is 0.116. The van der Waals surface area contributed by atoms with Gasteiger partial charge in [-0.3, -0.25) is 0 Å². The molecule has 3 aromatic rings. The van der Waals surface area contributed by atoms with E-state index in [1.54, 1.807) is 11.3 Å². The Hall–Kier alpha value is -2.40. The Morgan fingerprint density at radius 3 is 2.92 bits per heavy atom. The fourth-order valence-electron chi connectivity index (χ4n) is 2.97. The lowest BCUT2D eigenvalue weighted by Crippen LogP contribution is -2.09. The number of hydrogen-bond acceptors (Lipinski definition) is 5. The van der Waals surface area contributed by atoms with Gasteiger partial charge in [0, 0.05) is 0 Å². The van der Waals surface area contributed by atoms with E-state index >= 15 is 0 Å². The van der Waals surface area contributed by atoms with Crippen LogP contribution in [0.5, 0.6) is 0 Å². The second kappa shape index (κ2) is 6.61. The molecule has 0 fully saturated rings. The van der Waals surface area contributed by atoms with Crippen molar-refractivity contribution in [2.75, 3.05) is 0 Å². The average Bonchev–Trinajstić information content (AvgIpc) is 3.30. The monoisotopic (exact) mass is 339 g/mol. The number of nitrogens with zero attached hydrogens (tertiary/aromatic N) is 1. The normalized spacial score (nSPS) is 13.5. The largest absolute Gasteiger partial charge is 0.455 e. The smallest absolute Gasteiger partial charge is 0.338 e. The van der Waals surface area contributed by atoms with Crippen molar-refractivity contribution >= 4 is 17.3 Å². The number of fused-ring (bicyclic) bond motifs is 1. The summed E-state index contributed by atoms with van der Waals surface area (Å²) in [6.07, 6.45) is 6.11. The standard InChI is InChI=1S/C19H17NO3S/c21-19(15-8-7-13-4-1-2-5-14(13)10-15)23-12-16-11-22-18(20-16)17-6-3-9-24-17/h3,6-11H,1-2,4-5,12H2. The molecule has 0 aliphatic heterocycles. The highest BCUT2D eigenvalue weighted by Crippen LogP contribution is 2.25. The summed E-state index contributed by atoms with van der Waals surface area (Å²) in [4.78, 5) is 17.6. The summed E-state index contributed by atoms with van der Waals surface area (Å²) in [5, 5.41) is 1.97. The first-order chi connectivity index (χ1) is 11.8. The van der Waals surface area contributed by atoms with E-state index in [0.29, 0.717) is 17.1 Å². The van der Waals surface area contributed by atoms with E-state index in [-0.39, 0.29) is 12.6 Å². The molecule has 0 saturated carbocycles. The summed E-state index contributed by atoms with van der Waals surface area (Å²) >= 11 is 1.56. The molecule has 0 N–H and O–H groups in total. The quantitative estimate of drug-likeness (QED) is 0.650. The summed E-state index contributed by atoms with van der Waals surface area (Å²) in [5.74, 6) is 0.244. The molecular formula is C19H17NO3S. The van der Waals surface area contributed by atoms with Gasteiger partial charge in [0.15, 0.2) is 0 Å². The number of carbonyl (C=O) groups is 1. The molecule has 0 atom stereocenters. The Bertz CT molecular complexity index is 851. The maximum atomic E-state index is 12.3. The van der Waals surface area contributed by atoms with Crippen molar-refractivity contribution in [1.82, 2.24) is 4.98 Å². The number of benzene rings is 1. The zero-order chi connectivity index (χ0) is 16.4. The van der Waals surface area contributed by atoms with E-state index in [1.165, 1.54) is 30.2 Å². The molecule has 0 spiro atoms. The molecule has 0 saturated heterocycles. The van der Waals surface area contributed by atoms with Gasteiger partial charge in [-0.1, -0.05) is 12.1 Å². The molecule has 2 aromatic heterocycles. The van der Waals surface area contributed by atoms with E-state index in [4.69, 9.17) is 9.15 Å². The van der Waals surface area contributed by atoms with Crippen LogP contribution in [-0.2, 0) is 24.2 Å². The van der Waals surface area contributed by atoms with Crippen molar-refractivity contribution in [3.05, 3.63) is 64.4 Å². The molecule has 0 radical (unpaired) electrons. The molecule has 1 aromatic carbocycles. The Labute approximate surface area is 144 Å². The maximum absolute atomic E-state index is 12.3. The molecule has 4 rings (SSSR count). The first-order valence-corrected chi connectivity index (χ1v) is 8.95. The van der Waals surface area contributed by atoms with Gasteiger partial charge in [0.2, 0.25) is 5.89 Å². The Kier molecular flexibility index (Phi) is 4.17. The molecule has 1 aliphatic rings. The number of ether oxygens (including phenoxy) is 1. The van der Waals surface area contributed by atoms with E-state index in [1.807, 2.05) is 29.6 Å². The van der Waals surface area contributed by atoms with Gasteiger partial charge in [-0.05, 0) is 60.4 Å². The van der Waals surface area contributed by atoms with Gasteiger partial charge in [0.05, 0.1) is 10.4 Å². The zero-order valence-corrected chi connectivity index (χ0v) is 14.0. The van der Waals surface area contributed by atoms with Crippen molar-refractivity contribution in [2.45, 2.75) is 32.3 Å². The molecule has 0 unspecified atom stereocenters. The van der Waals surface area contributed by atoms with Crippen molar-refractivity contribution in [3.63, 3.8) is 0 Å². The fraction of sp³-hybridized carbons (Fsp3) is 0.263. The number of hydrogen-bond donors (Lipinski definition) is 0. The van der Waals surface area contributed by atoms with E-state index in [0.717, 1.165) is 17.7 Å². The van der Waals surface area contributed by atoms with Crippen LogP contribution in [0.25, 0.3) is 10.8 Å². The van der Waals surface area contributed by atoms with Gasteiger partial charge in [-0.25, -0.2) is 9.78 Å². The predicted molar refractivity (Wildman–Crippen MR) is 92.0 cm³/mol. The number of rotatable bonds is 4. The van der Waals surface area contributed by atoms with Crippen molar-refractivity contribution < 1.29 is 13.9 Å². The van der Waals surface area contributed by atoms with Gasteiger partial charge in [-0.2, -0.15) is 0 Å². The Morgan fingerprint density at radius 2 is 2.08 bits per heavy atom. The molecule has 0 amide bonds. The Morgan fingerprint density at radius 1 is 1.21 bits per heavy atom. The van der Waals surface area contributed by atoms with Crippen LogP contribution < -0.4 is 0 Å². The lowest BCUT2D eigenvalue weighted by molar-refractivity contribution is 0.0467. The molecular weight excluding hydrogens is 322 g/mol. The fourth-order valence-corrected chi connectivity index (χ4v) is 3.63. The first kappa shape index (κ1) is 15.1. The minimum atomic E-state index is -0.316. The summed E-state index contributed by atoms with van der Waals surface area (Å²) in [5.41, 5.74) is 3.86. The van der Waals surface area contributed by atoms with Crippen molar-refractivity contribution in [3.8, 4) is 10.8 Å². The number of aromatic nitrogens is 1. The van der Waals surface area contributed by atoms with Crippen molar-refractivity contribution in [2.24, 2.45) is 0 Å². The van der Waals surface area contributed by atoms with Gasteiger partial charge in [-0.15, -0.1) is 11.3 Å². The second-order valence-electron chi connectivity index (χ2n) is 5.89. The number of oxazole rings is 1. The third-order valence-corrected chi connectivity index (χ3v) is 5.08. The van der Waals surface area contributed by atoms with Crippen LogP contribution in [0.3, 0.4) is 0 Å². The third-order valence-electron chi connectivity index (χ3n) is 4.22. The minimum absolute atomic E-state index is 0.116. The van der Waals surface area contributed by atoms with E-state index < -0.39 is 0 Å². The molecule has 1 aliphatic carbocycles. The summed E-state index contributed by atoms with van der Waals surface area (Å²) < 4.78 is 10.8. The highest BCUT2D eigenvalue weighted by atomic mass is 32.1.